The Kier molecular flexibility index (Phi) is 4.64. The van der Waals surface area contributed by atoms with E-state index in [1.165, 1.54) is 5.56 Å². The van der Waals surface area contributed by atoms with Crippen molar-refractivity contribution in [2.75, 3.05) is 36.4 Å². The molecule has 0 radical (unpaired) electrons. The molecule has 0 spiro atoms. The molecule has 3 rings (SSSR count). The molecule has 1 N–H and O–H groups in total. The van der Waals surface area contributed by atoms with Crippen LogP contribution in [0.25, 0.3) is 0 Å². The lowest BCUT2D eigenvalue weighted by atomic mass is 10.1. The van der Waals surface area contributed by atoms with Gasteiger partial charge in [0.25, 0.3) is 0 Å². The highest BCUT2D eigenvalue weighted by atomic mass is 16.2. The van der Waals surface area contributed by atoms with Gasteiger partial charge in [-0.2, -0.15) is 4.98 Å². The molecule has 0 aliphatic carbocycles. The Morgan fingerprint density at radius 1 is 1.12 bits per heavy atom. The van der Waals surface area contributed by atoms with Gasteiger partial charge in [-0.1, -0.05) is 12.1 Å². The Morgan fingerprint density at radius 3 is 2.58 bits per heavy atom. The Morgan fingerprint density at radius 2 is 1.88 bits per heavy atom. The summed E-state index contributed by atoms with van der Waals surface area (Å²) in [7, 11) is 0. The number of carbonyl (C=O) groups excluding carboxylic acids is 1. The van der Waals surface area contributed by atoms with Crippen LogP contribution in [-0.4, -0.2) is 47.0 Å². The van der Waals surface area contributed by atoms with Crippen molar-refractivity contribution in [1.29, 1.82) is 0 Å². The molecule has 1 aromatic carbocycles. The molecule has 0 bridgehead atoms. The lowest BCUT2D eigenvalue weighted by molar-refractivity contribution is -0.129. The SMILES string of the molecule is CC(=O)N1CCN(c2ccnc(Nc3cc(C)ccc3C)n2)CC1. The molecule has 126 valence electrons. The summed E-state index contributed by atoms with van der Waals surface area (Å²) >= 11 is 0. The Labute approximate surface area is 142 Å². The molecule has 2 heterocycles. The molecular formula is C18H23N5O. The average Bonchev–Trinajstić information content (AvgIpc) is 2.58. The Balaban J connectivity index is 1.73. The fourth-order valence-corrected chi connectivity index (χ4v) is 2.83. The predicted molar refractivity (Wildman–Crippen MR) is 95.7 cm³/mol. The highest BCUT2D eigenvalue weighted by molar-refractivity contribution is 5.73. The third-order valence-corrected chi connectivity index (χ3v) is 4.33. The van der Waals surface area contributed by atoms with Crippen molar-refractivity contribution in [3.63, 3.8) is 0 Å². The van der Waals surface area contributed by atoms with Crippen molar-refractivity contribution in [2.45, 2.75) is 20.8 Å². The van der Waals surface area contributed by atoms with Crippen LogP contribution in [0.4, 0.5) is 17.5 Å². The zero-order valence-electron chi connectivity index (χ0n) is 14.4. The molecule has 1 aromatic heterocycles. The zero-order valence-corrected chi connectivity index (χ0v) is 14.4. The van der Waals surface area contributed by atoms with Crippen LogP contribution < -0.4 is 10.2 Å². The fraction of sp³-hybridized carbons (Fsp3) is 0.389. The quantitative estimate of drug-likeness (QED) is 0.939. The van der Waals surface area contributed by atoms with E-state index in [1.807, 2.05) is 11.0 Å². The van der Waals surface area contributed by atoms with Gasteiger partial charge < -0.3 is 15.1 Å². The van der Waals surface area contributed by atoms with Crippen LogP contribution in [0.1, 0.15) is 18.1 Å². The van der Waals surface area contributed by atoms with E-state index in [-0.39, 0.29) is 5.91 Å². The zero-order chi connectivity index (χ0) is 17.1. The van der Waals surface area contributed by atoms with Crippen molar-refractivity contribution >= 4 is 23.4 Å². The second-order valence-electron chi connectivity index (χ2n) is 6.17. The van der Waals surface area contributed by atoms with E-state index >= 15 is 0 Å². The van der Waals surface area contributed by atoms with Crippen molar-refractivity contribution in [3.8, 4) is 0 Å². The summed E-state index contributed by atoms with van der Waals surface area (Å²) in [5, 5.41) is 3.31. The van der Waals surface area contributed by atoms with E-state index in [9.17, 15) is 4.79 Å². The van der Waals surface area contributed by atoms with E-state index < -0.39 is 0 Å². The smallest absolute Gasteiger partial charge is 0.229 e. The van der Waals surface area contributed by atoms with Crippen LogP contribution in [0.15, 0.2) is 30.5 Å². The summed E-state index contributed by atoms with van der Waals surface area (Å²) in [5.74, 6) is 1.62. The van der Waals surface area contributed by atoms with Crippen LogP contribution in [0.3, 0.4) is 0 Å². The number of anilines is 3. The van der Waals surface area contributed by atoms with Gasteiger partial charge in [-0.15, -0.1) is 0 Å². The number of benzene rings is 1. The molecule has 1 amide bonds. The van der Waals surface area contributed by atoms with Crippen molar-refractivity contribution in [1.82, 2.24) is 14.9 Å². The van der Waals surface area contributed by atoms with Crippen LogP contribution in [0.5, 0.6) is 0 Å². The Bertz CT molecular complexity index is 738. The van der Waals surface area contributed by atoms with E-state index in [0.717, 1.165) is 43.2 Å². The minimum absolute atomic E-state index is 0.134. The van der Waals surface area contributed by atoms with E-state index in [0.29, 0.717) is 5.95 Å². The van der Waals surface area contributed by atoms with Crippen LogP contribution in [0.2, 0.25) is 0 Å². The second kappa shape index (κ2) is 6.86. The largest absolute Gasteiger partial charge is 0.353 e. The maximum absolute atomic E-state index is 11.4. The number of aryl methyl sites for hydroxylation is 2. The molecule has 6 heteroatoms. The number of nitrogens with zero attached hydrogens (tertiary/aromatic N) is 4. The summed E-state index contributed by atoms with van der Waals surface area (Å²) in [6.07, 6.45) is 1.77. The summed E-state index contributed by atoms with van der Waals surface area (Å²) in [5.41, 5.74) is 3.37. The first-order valence-corrected chi connectivity index (χ1v) is 8.21. The second-order valence-corrected chi connectivity index (χ2v) is 6.17. The molecule has 1 saturated heterocycles. The van der Waals surface area contributed by atoms with Gasteiger partial charge in [0.05, 0.1) is 0 Å². The first-order chi connectivity index (χ1) is 11.5. The monoisotopic (exact) mass is 325 g/mol. The van der Waals surface area contributed by atoms with E-state index in [2.05, 4.69) is 52.2 Å². The average molecular weight is 325 g/mol. The van der Waals surface area contributed by atoms with Gasteiger partial charge in [-0.05, 0) is 37.1 Å². The van der Waals surface area contributed by atoms with Gasteiger partial charge in [-0.3, -0.25) is 4.79 Å². The van der Waals surface area contributed by atoms with E-state index in [4.69, 9.17) is 0 Å². The molecule has 0 atom stereocenters. The minimum Gasteiger partial charge on any atom is -0.353 e. The summed E-state index contributed by atoms with van der Waals surface area (Å²) in [4.78, 5) is 24.5. The van der Waals surface area contributed by atoms with Crippen LogP contribution in [0, 0.1) is 13.8 Å². The molecule has 0 unspecified atom stereocenters. The highest BCUT2D eigenvalue weighted by Crippen LogP contribution is 2.21. The van der Waals surface area contributed by atoms with Gasteiger partial charge in [-0.25, -0.2) is 4.98 Å². The Hall–Kier alpha value is -2.63. The number of nitrogens with one attached hydrogen (secondary N) is 1. The molecule has 1 fully saturated rings. The molecule has 1 aliphatic rings. The molecule has 6 nitrogen and oxygen atoms in total. The molecule has 2 aromatic rings. The number of piperazine rings is 1. The number of amides is 1. The molecule has 24 heavy (non-hydrogen) atoms. The first kappa shape index (κ1) is 16.2. The summed E-state index contributed by atoms with van der Waals surface area (Å²) < 4.78 is 0. The number of rotatable bonds is 3. The van der Waals surface area contributed by atoms with Crippen molar-refractivity contribution in [2.24, 2.45) is 0 Å². The van der Waals surface area contributed by atoms with Crippen molar-refractivity contribution in [3.05, 3.63) is 41.6 Å². The first-order valence-electron chi connectivity index (χ1n) is 8.21. The highest BCUT2D eigenvalue weighted by Gasteiger charge is 2.19. The van der Waals surface area contributed by atoms with Gasteiger partial charge in [0.1, 0.15) is 5.82 Å². The van der Waals surface area contributed by atoms with Gasteiger partial charge >= 0.3 is 0 Å². The minimum atomic E-state index is 0.134. The summed E-state index contributed by atoms with van der Waals surface area (Å²) in [6, 6.07) is 8.18. The molecular weight excluding hydrogens is 302 g/mol. The van der Waals surface area contributed by atoms with Crippen molar-refractivity contribution < 1.29 is 4.79 Å². The number of carbonyl (C=O) groups is 1. The fourth-order valence-electron chi connectivity index (χ4n) is 2.83. The molecule has 0 saturated carbocycles. The van der Waals surface area contributed by atoms with Crippen LogP contribution >= 0.6 is 0 Å². The standard InChI is InChI=1S/C18H23N5O/c1-13-4-5-14(2)16(12-13)20-18-19-7-6-17(21-18)23-10-8-22(9-11-23)15(3)24/h4-7,12H,8-11H2,1-3H3,(H,19,20,21). The predicted octanol–water partition coefficient (Wildman–Crippen LogP) is 2.51. The number of hydrogen-bond acceptors (Lipinski definition) is 5. The van der Waals surface area contributed by atoms with Crippen LogP contribution in [-0.2, 0) is 4.79 Å². The van der Waals surface area contributed by atoms with Gasteiger partial charge in [0, 0.05) is 45.0 Å². The third-order valence-electron chi connectivity index (χ3n) is 4.33. The topological polar surface area (TPSA) is 61.4 Å². The maximum Gasteiger partial charge on any atom is 0.229 e. The third kappa shape index (κ3) is 3.64. The lowest BCUT2D eigenvalue weighted by Crippen LogP contribution is -2.48. The number of hydrogen-bond donors (Lipinski definition) is 1. The lowest BCUT2D eigenvalue weighted by Gasteiger charge is -2.34. The van der Waals surface area contributed by atoms with Gasteiger partial charge in [0.2, 0.25) is 11.9 Å². The van der Waals surface area contributed by atoms with E-state index in [1.54, 1.807) is 13.1 Å². The van der Waals surface area contributed by atoms with Gasteiger partial charge in [0.15, 0.2) is 0 Å². The maximum atomic E-state index is 11.4. The number of aromatic nitrogens is 2. The summed E-state index contributed by atoms with van der Waals surface area (Å²) in [6.45, 7) is 8.80. The normalized spacial score (nSPS) is 14.6. The molecule has 1 aliphatic heterocycles.